The van der Waals surface area contributed by atoms with E-state index in [4.69, 9.17) is 4.74 Å². The molecule has 1 aromatic carbocycles. The first-order valence-corrected chi connectivity index (χ1v) is 7.64. The lowest BCUT2D eigenvalue weighted by Crippen LogP contribution is -2.21. The van der Waals surface area contributed by atoms with Crippen molar-refractivity contribution in [1.29, 1.82) is 0 Å². The van der Waals surface area contributed by atoms with Gasteiger partial charge in [-0.2, -0.15) is 0 Å². The van der Waals surface area contributed by atoms with E-state index in [1.54, 1.807) is 6.92 Å². The minimum atomic E-state index is -0.884. The number of nitrogens with zero attached hydrogens (tertiary/aromatic N) is 1. The van der Waals surface area contributed by atoms with E-state index >= 15 is 0 Å². The van der Waals surface area contributed by atoms with E-state index in [2.05, 4.69) is 15.9 Å². The van der Waals surface area contributed by atoms with E-state index in [0.29, 0.717) is 0 Å². The maximum atomic E-state index is 14.4. The highest BCUT2D eigenvalue weighted by molar-refractivity contribution is 9.10. The van der Waals surface area contributed by atoms with Gasteiger partial charge in [0.1, 0.15) is 11.4 Å². The third-order valence-electron chi connectivity index (χ3n) is 3.59. The normalized spacial score (nSPS) is 14.4. The summed E-state index contributed by atoms with van der Waals surface area (Å²) in [5, 5.41) is -0.157. The summed E-state index contributed by atoms with van der Waals surface area (Å²) in [7, 11) is 0. The molecule has 0 spiro atoms. The summed E-state index contributed by atoms with van der Waals surface area (Å²) in [6.07, 6.45) is 2.94. The summed E-state index contributed by atoms with van der Waals surface area (Å²) in [5.41, 5.74) is -0.924. The smallest absolute Gasteiger partial charge is 0.343 e. The molecule has 1 fully saturated rings. The third-order valence-corrected chi connectivity index (χ3v) is 4.31. The molecule has 0 aliphatic heterocycles. The van der Waals surface area contributed by atoms with Gasteiger partial charge in [-0.15, -0.1) is 0 Å². The highest BCUT2D eigenvalue weighted by Gasteiger charge is 2.29. The van der Waals surface area contributed by atoms with Crippen LogP contribution in [0.2, 0.25) is 0 Å². The fourth-order valence-corrected chi connectivity index (χ4v) is 2.72. The molecule has 22 heavy (non-hydrogen) atoms. The number of hydrogen-bond acceptors (Lipinski definition) is 3. The summed E-state index contributed by atoms with van der Waals surface area (Å²) in [4.78, 5) is 24.3. The Morgan fingerprint density at radius 1 is 1.45 bits per heavy atom. The van der Waals surface area contributed by atoms with Crippen molar-refractivity contribution in [2.75, 3.05) is 6.61 Å². The molecule has 116 valence electrons. The number of pyridine rings is 1. The van der Waals surface area contributed by atoms with Crippen LogP contribution in [-0.2, 0) is 4.74 Å². The highest BCUT2D eigenvalue weighted by Crippen LogP contribution is 2.38. The molecule has 1 heterocycles. The lowest BCUT2D eigenvalue weighted by atomic mass is 10.1. The molecule has 1 aliphatic rings. The Hall–Kier alpha value is -1.76. The number of carbonyl (C=O) groups excluding carboxylic acids is 1. The molecule has 0 atom stereocenters. The van der Waals surface area contributed by atoms with E-state index in [-0.39, 0.29) is 33.6 Å². The summed E-state index contributed by atoms with van der Waals surface area (Å²) in [5.74, 6) is -2.51. The summed E-state index contributed by atoms with van der Waals surface area (Å²) >= 11 is 2.84. The molecular formula is C15H12BrF2NO3. The number of fused-ring (bicyclic) bond motifs is 1. The number of esters is 1. The van der Waals surface area contributed by atoms with Gasteiger partial charge >= 0.3 is 5.97 Å². The van der Waals surface area contributed by atoms with Crippen molar-refractivity contribution in [3.63, 3.8) is 0 Å². The third kappa shape index (κ3) is 2.33. The summed E-state index contributed by atoms with van der Waals surface area (Å²) in [6, 6.07) is 0.954. The van der Waals surface area contributed by atoms with Gasteiger partial charge in [0, 0.05) is 12.2 Å². The monoisotopic (exact) mass is 371 g/mol. The van der Waals surface area contributed by atoms with Gasteiger partial charge in [0.2, 0.25) is 5.43 Å². The number of carbonyl (C=O) groups is 1. The van der Waals surface area contributed by atoms with Crippen molar-refractivity contribution in [3.8, 4) is 0 Å². The number of rotatable bonds is 3. The first-order chi connectivity index (χ1) is 10.5. The molecule has 0 radical (unpaired) electrons. The number of ether oxygens (including phenoxy) is 1. The fraction of sp³-hybridized carbons (Fsp3) is 0.333. The van der Waals surface area contributed by atoms with E-state index in [1.807, 2.05) is 0 Å². The van der Waals surface area contributed by atoms with Crippen LogP contribution in [0, 0.1) is 11.6 Å². The Bertz CT molecular complexity index is 843. The molecule has 0 unspecified atom stereocenters. The van der Waals surface area contributed by atoms with Crippen LogP contribution < -0.4 is 5.43 Å². The average molecular weight is 372 g/mol. The molecule has 7 heteroatoms. The van der Waals surface area contributed by atoms with Gasteiger partial charge in [0.25, 0.3) is 0 Å². The first-order valence-electron chi connectivity index (χ1n) is 6.85. The zero-order chi connectivity index (χ0) is 16.0. The minimum Gasteiger partial charge on any atom is -0.462 e. The second-order valence-electron chi connectivity index (χ2n) is 5.11. The Kier molecular flexibility index (Phi) is 3.76. The second kappa shape index (κ2) is 5.46. The maximum absolute atomic E-state index is 14.4. The van der Waals surface area contributed by atoms with Gasteiger partial charge in [-0.3, -0.25) is 4.79 Å². The van der Waals surface area contributed by atoms with Gasteiger partial charge in [-0.05, 0) is 41.8 Å². The van der Waals surface area contributed by atoms with Crippen molar-refractivity contribution < 1.29 is 18.3 Å². The van der Waals surface area contributed by atoms with Crippen LogP contribution in [0.5, 0.6) is 0 Å². The van der Waals surface area contributed by atoms with Crippen molar-refractivity contribution in [2.45, 2.75) is 25.8 Å². The molecule has 2 aromatic rings. The zero-order valence-corrected chi connectivity index (χ0v) is 13.2. The van der Waals surface area contributed by atoms with Gasteiger partial charge < -0.3 is 9.30 Å². The molecule has 0 amide bonds. The summed E-state index contributed by atoms with van der Waals surface area (Å²) in [6.45, 7) is 1.73. The minimum absolute atomic E-state index is 0.00291. The summed E-state index contributed by atoms with van der Waals surface area (Å²) < 4.78 is 34.2. The molecule has 3 rings (SSSR count). The van der Waals surface area contributed by atoms with Crippen LogP contribution in [-0.4, -0.2) is 17.1 Å². The van der Waals surface area contributed by atoms with Crippen LogP contribution in [0.15, 0.2) is 21.5 Å². The zero-order valence-electron chi connectivity index (χ0n) is 11.7. The Morgan fingerprint density at radius 2 is 2.14 bits per heavy atom. The van der Waals surface area contributed by atoms with Crippen LogP contribution >= 0.6 is 15.9 Å². The maximum Gasteiger partial charge on any atom is 0.343 e. The molecule has 4 nitrogen and oxygen atoms in total. The van der Waals surface area contributed by atoms with Crippen LogP contribution in [0.25, 0.3) is 10.9 Å². The number of hydrogen-bond donors (Lipinski definition) is 0. The first kappa shape index (κ1) is 15.1. The van der Waals surface area contributed by atoms with E-state index < -0.39 is 23.0 Å². The molecule has 0 saturated heterocycles. The van der Waals surface area contributed by atoms with Crippen LogP contribution in [0.1, 0.15) is 36.2 Å². The SMILES string of the molecule is CCOC(=O)c1cn(C2CC2)c2c(F)c(Br)c(F)cc2c1=O. The van der Waals surface area contributed by atoms with Gasteiger partial charge in [-0.1, -0.05) is 0 Å². The Balaban J connectivity index is 2.38. The molecule has 0 bridgehead atoms. The molecule has 1 aromatic heterocycles. The quantitative estimate of drug-likeness (QED) is 0.612. The second-order valence-corrected chi connectivity index (χ2v) is 5.91. The van der Waals surface area contributed by atoms with Gasteiger partial charge in [-0.25, -0.2) is 13.6 Å². The number of benzene rings is 1. The van der Waals surface area contributed by atoms with Crippen LogP contribution in [0.4, 0.5) is 8.78 Å². The van der Waals surface area contributed by atoms with Crippen molar-refractivity contribution in [2.24, 2.45) is 0 Å². The van der Waals surface area contributed by atoms with Crippen molar-refractivity contribution >= 4 is 32.8 Å². The largest absolute Gasteiger partial charge is 0.462 e. The molecule has 0 N–H and O–H groups in total. The van der Waals surface area contributed by atoms with Crippen molar-refractivity contribution in [3.05, 3.63) is 44.2 Å². The average Bonchev–Trinajstić information content (AvgIpc) is 3.30. The molecular weight excluding hydrogens is 360 g/mol. The fourth-order valence-electron chi connectivity index (χ4n) is 2.41. The predicted octanol–water partition coefficient (Wildman–Crippen LogP) is 3.55. The molecule has 1 aliphatic carbocycles. The van der Waals surface area contributed by atoms with Gasteiger partial charge in [0.15, 0.2) is 5.82 Å². The van der Waals surface area contributed by atoms with Crippen LogP contribution in [0.3, 0.4) is 0 Å². The topological polar surface area (TPSA) is 48.3 Å². The van der Waals surface area contributed by atoms with E-state index in [9.17, 15) is 18.4 Å². The number of aromatic nitrogens is 1. The Morgan fingerprint density at radius 3 is 2.73 bits per heavy atom. The predicted molar refractivity (Wildman–Crippen MR) is 80.1 cm³/mol. The van der Waals surface area contributed by atoms with Crippen molar-refractivity contribution in [1.82, 2.24) is 4.57 Å². The number of halogens is 3. The van der Waals surface area contributed by atoms with Gasteiger partial charge in [0.05, 0.1) is 22.0 Å². The van der Waals surface area contributed by atoms with E-state index in [0.717, 1.165) is 18.9 Å². The Labute approximate surface area is 132 Å². The lowest BCUT2D eigenvalue weighted by Gasteiger charge is -2.14. The van der Waals surface area contributed by atoms with E-state index in [1.165, 1.54) is 10.8 Å². The highest BCUT2D eigenvalue weighted by atomic mass is 79.9. The molecule has 1 saturated carbocycles. The lowest BCUT2D eigenvalue weighted by molar-refractivity contribution is 0.0524. The standard InChI is InChI=1S/C15H12BrF2NO3/c1-2-22-15(21)9-6-19(7-3-4-7)13-8(14(9)20)5-10(17)11(16)12(13)18/h5-7H,2-4H2,1H3.